The number of ketones is 1. The van der Waals surface area contributed by atoms with Crippen molar-refractivity contribution in [1.82, 2.24) is 0 Å². The maximum absolute atomic E-state index is 12.4. The van der Waals surface area contributed by atoms with Crippen LogP contribution in [0.3, 0.4) is 0 Å². The van der Waals surface area contributed by atoms with Crippen LogP contribution in [0.2, 0.25) is 0 Å². The lowest BCUT2D eigenvalue weighted by molar-refractivity contribution is -0.146. The predicted molar refractivity (Wildman–Crippen MR) is 113 cm³/mol. The summed E-state index contributed by atoms with van der Waals surface area (Å²) in [5.41, 5.74) is 0.660. The molecule has 1 N–H and O–H groups in total. The van der Waals surface area contributed by atoms with Gasteiger partial charge in [0.25, 0.3) is 0 Å². The molecule has 0 aliphatic rings. The highest BCUT2D eigenvalue weighted by Gasteiger charge is 2.19. The third-order valence-electron chi connectivity index (χ3n) is 4.00. The minimum absolute atomic E-state index is 0.116. The minimum Gasteiger partial charge on any atom is -0.497 e. The van der Waals surface area contributed by atoms with Crippen molar-refractivity contribution in [1.29, 1.82) is 0 Å². The molecule has 0 unspecified atom stereocenters. The van der Waals surface area contributed by atoms with E-state index in [-0.39, 0.29) is 12.2 Å². The van der Waals surface area contributed by atoms with Crippen molar-refractivity contribution in [2.45, 2.75) is 25.9 Å². The van der Waals surface area contributed by atoms with Gasteiger partial charge in [-0.25, -0.2) is 8.42 Å². The number of esters is 1. The smallest absolute Gasteiger partial charge is 0.306 e. The maximum Gasteiger partial charge on any atom is 0.306 e. The van der Waals surface area contributed by atoms with Crippen molar-refractivity contribution in [2.24, 2.45) is 0 Å². The molecule has 0 aliphatic heterocycles. The van der Waals surface area contributed by atoms with Gasteiger partial charge in [-0.2, -0.15) is 0 Å². The Balaban J connectivity index is 1.75. The van der Waals surface area contributed by atoms with Gasteiger partial charge in [-0.15, -0.1) is 0 Å². The molecule has 0 spiro atoms. The number of rotatable bonds is 11. The Kier molecular flexibility index (Phi) is 8.23. The van der Waals surface area contributed by atoms with Crippen LogP contribution in [0.25, 0.3) is 0 Å². The molecule has 0 radical (unpaired) electrons. The number of carbonyl (C=O) groups excluding carboxylic acids is 2. The van der Waals surface area contributed by atoms with E-state index in [0.29, 0.717) is 30.0 Å². The number of anilines is 1. The molecular weight excluding hydrogens is 410 g/mol. The molecule has 9 heteroatoms. The van der Waals surface area contributed by atoms with Crippen molar-refractivity contribution in [3.05, 3.63) is 54.1 Å². The second-order valence-electron chi connectivity index (χ2n) is 6.58. The lowest BCUT2D eigenvalue weighted by atomic mass is 10.1. The fraction of sp³-hybridized carbons (Fsp3) is 0.333. The lowest BCUT2D eigenvalue weighted by Gasteiger charge is -2.13. The number of hydrogen-bond acceptors (Lipinski definition) is 7. The molecule has 0 saturated carbocycles. The van der Waals surface area contributed by atoms with Crippen molar-refractivity contribution in [3.63, 3.8) is 0 Å². The molecule has 0 heterocycles. The quantitative estimate of drug-likeness (QED) is 0.328. The van der Waals surface area contributed by atoms with E-state index in [2.05, 4.69) is 4.72 Å². The molecule has 0 amide bonds. The Hall–Kier alpha value is -3.07. The van der Waals surface area contributed by atoms with E-state index in [1.165, 1.54) is 31.2 Å². The molecule has 2 aromatic carbocycles. The Morgan fingerprint density at radius 3 is 2.17 bits per heavy atom. The van der Waals surface area contributed by atoms with Crippen LogP contribution in [0.15, 0.2) is 48.5 Å². The first kappa shape index (κ1) is 23.2. The zero-order valence-corrected chi connectivity index (χ0v) is 17.9. The topological polar surface area (TPSA) is 108 Å². The molecule has 2 rings (SSSR count). The molecule has 0 saturated heterocycles. The Morgan fingerprint density at radius 2 is 1.60 bits per heavy atom. The standard InChI is InChI=1S/C21H25NO7S/c1-15(21(24)16-6-8-17(9-7-16)22-30(3,25)26)29-20(23)5-4-14-28-19-12-10-18(27-2)11-13-19/h6-13,15,22H,4-5,14H2,1-3H3/t15-/m0/s1. The van der Waals surface area contributed by atoms with Gasteiger partial charge in [0.05, 0.1) is 20.0 Å². The van der Waals surface area contributed by atoms with Gasteiger partial charge in [0.1, 0.15) is 11.5 Å². The third-order valence-corrected chi connectivity index (χ3v) is 4.61. The highest BCUT2D eigenvalue weighted by Crippen LogP contribution is 2.17. The van der Waals surface area contributed by atoms with Crippen molar-refractivity contribution in [3.8, 4) is 11.5 Å². The van der Waals surface area contributed by atoms with Gasteiger partial charge in [-0.05, 0) is 61.9 Å². The number of ether oxygens (including phenoxy) is 3. The highest BCUT2D eigenvalue weighted by atomic mass is 32.2. The lowest BCUT2D eigenvalue weighted by Crippen LogP contribution is -2.24. The van der Waals surface area contributed by atoms with E-state index >= 15 is 0 Å². The van der Waals surface area contributed by atoms with Gasteiger partial charge in [-0.3, -0.25) is 14.3 Å². The van der Waals surface area contributed by atoms with Crippen LogP contribution in [-0.4, -0.2) is 46.2 Å². The van der Waals surface area contributed by atoms with Crippen LogP contribution < -0.4 is 14.2 Å². The molecule has 1 atom stereocenters. The van der Waals surface area contributed by atoms with E-state index in [1.54, 1.807) is 31.4 Å². The monoisotopic (exact) mass is 435 g/mol. The predicted octanol–water partition coefficient (Wildman–Crippen LogP) is 3.04. The number of benzene rings is 2. The minimum atomic E-state index is -3.39. The van der Waals surface area contributed by atoms with Crippen molar-refractivity contribution < 1.29 is 32.2 Å². The number of methoxy groups -OCH3 is 1. The van der Waals surface area contributed by atoms with E-state index in [0.717, 1.165) is 12.0 Å². The van der Waals surface area contributed by atoms with Crippen LogP contribution in [0.1, 0.15) is 30.1 Å². The fourth-order valence-corrected chi connectivity index (χ4v) is 3.10. The summed E-state index contributed by atoms with van der Waals surface area (Å²) in [6.45, 7) is 1.83. The summed E-state index contributed by atoms with van der Waals surface area (Å²) < 4.78 is 40.5. The van der Waals surface area contributed by atoms with Gasteiger partial charge < -0.3 is 14.2 Å². The summed E-state index contributed by atoms with van der Waals surface area (Å²) in [6.07, 6.45) is 0.645. The third kappa shape index (κ3) is 7.75. The molecule has 8 nitrogen and oxygen atoms in total. The molecule has 162 valence electrons. The number of sulfonamides is 1. The van der Waals surface area contributed by atoms with Gasteiger partial charge >= 0.3 is 5.97 Å². The van der Waals surface area contributed by atoms with Crippen LogP contribution >= 0.6 is 0 Å². The normalized spacial score (nSPS) is 12.0. The van der Waals surface area contributed by atoms with Gasteiger partial charge in [0.2, 0.25) is 15.8 Å². The van der Waals surface area contributed by atoms with Crippen LogP contribution in [0.4, 0.5) is 5.69 Å². The molecule has 30 heavy (non-hydrogen) atoms. The molecule has 0 bridgehead atoms. The summed E-state index contributed by atoms with van der Waals surface area (Å²) >= 11 is 0. The number of hydrogen-bond donors (Lipinski definition) is 1. The maximum atomic E-state index is 12.4. The number of nitrogens with one attached hydrogen (secondary N) is 1. The summed E-state index contributed by atoms with van der Waals surface area (Å²) in [5.74, 6) is 0.528. The summed E-state index contributed by atoms with van der Waals surface area (Å²) in [5, 5.41) is 0. The van der Waals surface area contributed by atoms with Crippen molar-refractivity contribution >= 4 is 27.5 Å². The number of carbonyl (C=O) groups is 2. The number of Topliss-reactive ketones (excluding diaryl/α,β-unsaturated/α-hetero) is 1. The van der Waals surface area contributed by atoms with Crippen LogP contribution in [-0.2, 0) is 19.6 Å². The van der Waals surface area contributed by atoms with Gasteiger partial charge in [-0.1, -0.05) is 0 Å². The Bertz CT molecular complexity index is 954. The van der Waals surface area contributed by atoms with Crippen LogP contribution in [0.5, 0.6) is 11.5 Å². The average Bonchev–Trinajstić information content (AvgIpc) is 2.70. The second kappa shape index (κ2) is 10.6. The molecule has 0 fully saturated rings. The second-order valence-corrected chi connectivity index (χ2v) is 8.32. The SMILES string of the molecule is COc1ccc(OCCCC(=O)O[C@@H](C)C(=O)c2ccc(NS(C)(=O)=O)cc2)cc1. The van der Waals surface area contributed by atoms with E-state index in [1.807, 2.05) is 0 Å². The summed E-state index contributed by atoms with van der Waals surface area (Å²) in [7, 11) is -1.81. The average molecular weight is 435 g/mol. The van der Waals surface area contributed by atoms with Gasteiger partial charge in [0.15, 0.2) is 6.10 Å². The molecule has 0 aliphatic carbocycles. The molecule has 0 aromatic heterocycles. The first-order chi connectivity index (χ1) is 14.2. The first-order valence-corrected chi connectivity index (χ1v) is 11.2. The van der Waals surface area contributed by atoms with E-state index in [9.17, 15) is 18.0 Å². The Labute approximate surface area is 176 Å². The highest BCUT2D eigenvalue weighted by molar-refractivity contribution is 7.92. The zero-order chi connectivity index (χ0) is 22.1. The van der Waals surface area contributed by atoms with Gasteiger partial charge in [0, 0.05) is 17.7 Å². The van der Waals surface area contributed by atoms with Crippen molar-refractivity contribution in [2.75, 3.05) is 24.7 Å². The first-order valence-electron chi connectivity index (χ1n) is 9.26. The molecule has 2 aromatic rings. The largest absolute Gasteiger partial charge is 0.497 e. The fourth-order valence-electron chi connectivity index (χ4n) is 2.54. The van der Waals surface area contributed by atoms with Crippen LogP contribution in [0, 0.1) is 0 Å². The van der Waals surface area contributed by atoms with E-state index in [4.69, 9.17) is 14.2 Å². The summed E-state index contributed by atoms with van der Waals surface area (Å²) in [4.78, 5) is 24.4. The summed E-state index contributed by atoms with van der Waals surface area (Å²) in [6, 6.07) is 13.0. The Morgan fingerprint density at radius 1 is 1.00 bits per heavy atom. The molecular formula is C21H25NO7S. The van der Waals surface area contributed by atoms with E-state index < -0.39 is 22.1 Å². The zero-order valence-electron chi connectivity index (χ0n) is 17.1.